The number of amides is 1. The fraction of sp³-hybridized carbons (Fsp3) is 0.211. The third kappa shape index (κ3) is 3.40. The summed E-state index contributed by atoms with van der Waals surface area (Å²) < 4.78 is 0. The SMILES string of the molecule is O=C(NC1C=C(c2ccccc2)CCC1)c1ccccc1. The summed E-state index contributed by atoms with van der Waals surface area (Å²) in [5, 5.41) is 3.12. The van der Waals surface area contributed by atoms with Crippen LogP contribution in [0, 0.1) is 0 Å². The van der Waals surface area contributed by atoms with Crippen LogP contribution in [-0.4, -0.2) is 11.9 Å². The van der Waals surface area contributed by atoms with Gasteiger partial charge in [-0.3, -0.25) is 4.79 Å². The van der Waals surface area contributed by atoms with Gasteiger partial charge in [0, 0.05) is 11.6 Å². The van der Waals surface area contributed by atoms with Crippen LogP contribution in [0.5, 0.6) is 0 Å². The molecule has 0 saturated heterocycles. The van der Waals surface area contributed by atoms with Crippen molar-refractivity contribution in [2.24, 2.45) is 0 Å². The van der Waals surface area contributed by atoms with E-state index in [1.54, 1.807) is 0 Å². The molecule has 2 nitrogen and oxygen atoms in total. The molecule has 0 bridgehead atoms. The Kier molecular flexibility index (Phi) is 4.15. The van der Waals surface area contributed by atoms with E-state index in [0.29, 0.717) is 0 Å². The summed E-state index contributed by atoms with van der Waals surface area (Å²) in [6, 6.07) is 19.9. The van der Waals surface area contributed by atoms with Gasteiger partial charge in [-0.05, 0) is 42.5 Å². The van der Waals surface area contributed by atoms with Crippen LogP contribution in [0.1, 0.15) is 35.2 Å². The van der Waals surface area contributed by atoms with Crippen molar-refractivity contribution >= 4 is 11.5 Å². The van der Waals surface area contributed by atoms with Crippen LogP contribution in [0.15, 0.2) is 66.7 Å². The summed E-state index contributed by atoms with van der Waals surface area (Å²) in [5.74, 6) is 0.00571. The van der Waals surface area contributed by atoms with E-state index in [9.17, 15) is 4.79 Å². The monoisotopic (exact) mass is 277 g/mol. The smallest absolute Gasteiger partial charge is 0.251 e. The normalized spacial score (nSPS) is 17.9. The zero-order chi connectivity index (χ0) is 14.5. The average Bonchev–Trinajstić information content (AvgIpc) is 2.57. The molecule has 0 aromatic heterocycles. The minimum Gasteiger partial charge on any atom is -0.346 e. The predicted octanol–water partition coefficient (Wildman–Crippen LogP) is 4.05. The van der Waals surface area contributed by atoms with E-state index in [2.05, 4.69) is 35.7 Å². The molecule has 2 aromatic carbocycles. The third-order valence-electron chi connectivity index (χ3n) is 3.86. The zero-order valence-electron chi connectivity index (χ0n) is 12.0. The van der Waals surface area contributed by atoms with Gasteiger partial charge in [-0.15, -0.1) is 0 Å². The number of hydrogen-bond acceptors (Lipinski definition) is 1. The Bertz CT molecular complexity index is 631. The number of rotatable bonds is 3. The maximum absolute atomic E-state index is 12.2. The summed E-state index contributed by atoms with van der Waals surface area (Å²) in [5.41, 5.74) is 3.31. The lowest BCUT2D eigenvalue weighted by Crippen LogP contribution is -2.34. The average molecular weight is 277 g/mol. The van der Waals surface area contributed by atoms with Crippen molar-refractivity contribution < 1.29 is 4.79 Å². The van der Waals surface area contributed by atoms with Gasteiger partial charge in [0.05, 0.1) is 0 Å². The fourth-order valence-corrected chi connectivity index (χ4v) is 2.77. The molecule has 0 aliphatic heterocycles. The highest BCUT2D eigenvalue weighted by atomic mass is 16.1. The Morgan fingerprint density at radius 2 is 1.62 bits per heavy atom. The molecule has 0 heterocycles. The third-order valence-corrected chi connectivity index (χ3v) is 3.86. The molecule has 1 aliphatic carbocycles. The first-order valence-electron chi connectivity index (χ1n) is 7.45. The van der Waals surface area contributed by atoms with Crippen LogP contribution in [0.4, 0.5) is 0 Å². The van der Waals surface area contributed by atoms with Crippen molar-refractivity contribution in [2.75, 3.05) is 0 Å². The fourth-order valence-electron chi connectivity index (χ4n) is 2.77. The molecule has 3 rings (SSSR count). The summed E-state index contributed by atoms with van der Waals surface area (Å²) in [4.78, 5) is 12.2. The number of hydrogen-bond donors (Lipinski definition) is 1. The maximum atomic E-state index is 12.2. The van der Waals surface area contributed by atoms with Crippen LogP contribution < -0.4 is 5.32 Å². The van der Waals surface area contributed by atoms with Gasteiger partial charge in [0.1, 0.15) is 0 Å². The van der Waals surface area contributed by atoms with E-state index in [0.717, 1.165) is 24.8 Å². The van der Waals surface area contributed by atoms with Crippen molar-refractivity contribution in [1.29, 1.82) is 0 Å². The second-order valence-electron chi connectivity index (χ2n) is 5.40. The van der Waals surface area contributed by atoms with Crippen molar-refractivity contribution in [1.82, 2.24) is 5.32 Å². The van der Waals surface area contributed by atoms with E-state index in [-0.39, 0.29) is 11.9 Å². The van der Waals surface area contributed by atoms with Gasteiger partial charge < -0.3 is 5.32 Å². The van der Waals surface area contributed by atoms with Crippen molar-refractivity contribution in [3.05, 3.63) is 77.9 Å². The molecule has 1 amide bonds. The number of carbonyl (C=O) groups excluding carboxylic acids is 1. The number of benzene rings is 2. The van der Waals surface area contributed by atoms with Crippen LogP contribution >= 0.6 is 0 Å². The molecule has 1 atom stereocenters. The highest BCUT2D eigenvalue weighted by molar-refractivity contribution is 5.94. The quantitative estimate of drug-likeness (QED) is 0.901. The number of allylic oxidation sites excluding steroid dienone is 1. The van der Waals surface area contributed by atoms with Crippen molar-refractivity contribution in [2.45, 2.75) is 25.3 Å². The Morgan fingerprint density at radius 3 is 2.33 bits per heavy atom. The van der Waals surface area contributed by atoms with E-state index >= 15 is 0 Å². The molecule has 1 unspecified atom stereocenters. The van der Waals surface area contributed by atoms with E-state index in [1.165, 1.54) is 11.1 Å². The molecule has 2 aromatic rings. The Hall–Kier alpha value is -2.35. The van der Waals surface area contributed by atoms with Gasteiger partial charge >= 0.3 is 0 Å². The Morgan fingerprint density at radius 1 is 0.952 bits per heavy atom. The van der Waals surface area contributed by atoms with E-state index < -0.39 is 0 Å². The van der Waals surface area contributed by atoms with Crippen LogP contribution in [0.2, 0.25) is 0 Å². The van der Waals surface area contributed by atoms with Gasteiger partial charge in [-0.1, -0.05) is 54.6 Å². The standard InChI is InChI=1S/C19H19NO/c21-19(16-10-5-2-6-11-16)20-18-13-7-12-17(14-18)15-8-3-1-4-9-15/h1-6,8-11,14,18H,7,12-13H2,(H,20,21). The van der Waals surface area contributed by atoms with E-state index in [1.807, 2.05) is 36.4 Å². The molecule has 21 heavy (non-hydrogen) atoms. The molecule has 2 heteroatoms. The number of carbonyl (C=O) groups is 1. The minimum absolute atomic E-state index is 0.00571. The molecule has 106 valence electrons. The second-order valence-corrected chi connectivity index (χ2v) is 5.40. The number of nitrogens with one attached hydrogen (secondary N) is 1. The van der Waals surface area contributed by atoms with Gasteiger partial charge in [0.25, 0.3) is 5.91 Å². The Labute approximate surface area is 125 Å². The summed E-state index contributed by atoms with van der Waals surface area (Å²) >= 11 is 0. The van der Waals surface area contributed by atoms with Gasteiger partial charge in [0.15, 0.2) is 0 Å². The van der Waals surface area contributed by atoms with Crippen LogP contribution in [0.3, 0.4) is 0 Å². The van der Waals surface area contributed by atoms with Crippen LogP contribution in [0.25, 0.3) is 5.57 Å². The van der Waals surface area contributed by atoms with Gasteiger partial charge in [-0.25, -0.2) is 0 Å². The van der Waals surface area contributed by atoms with Gasteiger partial charge in [-0.2, -0.15) is 0 Å². The molecular formula is C19H19NO. The van der Waals surface area contributed by atoms with Crippen LogP contribution in [-0.2, 0) is 0 Å². The minimum atomic E-state index is 0.00571. The lowest BCUT2D eigenvalue weighted by atomic mass is 9.91. The highest BCUT2D eigenvalue weighted by Crippen LogP contribution is 2.26. The van der Waals surface area contributed by atoms with Crippen molar-refractivity contribution in [3.8, 4) is 0 Å². The topological polar surface area (TPSA) is 29.1 Å². The molecule has 0 fully saturated rings. The molecule has 1 aliphatic rings. The van der Waals surface area contributed by atoms with Crippen molar-refractivity contribution in [3.63, 3.8) is 0 Å². The molecule has 0 spiro atoms. The molecular weight excluding hydrogens is 258 g/mol. The van der Waals surface area contributed by atoms with E-state index in [4.69, 9.17) is 0 Å². The molecule has 0 radical (unpaired) electrons. The highest BCUT2D eigenvalue weighted by Gasteiger charge is 2.17. The second kappa shape index (κ2) is 6.40. The first-order chi connectivity index (χ1) is 10.3. The lowest BCUT2D eigenvalue weighted by molar-refractivity contribution is 0.0942. The summed E-state index contributed by atoms with van der Waals surface area (Å²) in [6.45, 7) is 0. The predicted molar refractivity (Wildman–Crippen MR) is 86.0 cm³/mol. The largest absolute Gasteiger partial charge is 0.346 e. The zero-order valence-corrected chi connectivity index (χ0v) is 12.0. The first kappa shape index (κ1) is 13.6. The molecule has 0 saturated carbocycles. The summed E-state index contributed by atoms with van der Waals surface area (Å²) in [7, 11) is 0. The maximum Gasteiger partial charge on any atom is 0.251 e. The Balaban J connectivity index is 1.73. The van der Waals surface area contributed by atoms with Gasteiger partial charge in [0.2, 0.25) is 0 Å². The lowest BCUT2D eigenvalue weighted by Gasteiger charge is -2.22. The summed E-state index contributed by atoms with van der Waals surface area (Å²) in [6.07, 6.45) is 5.41. The first-order valence-corrected chi connectivity index (χ1v) is 7.45. The molecule has 1 N–H and O–H groups in total.